The molecule has 0 aliphatic heterocycles. The maximum atomic E-state index is 12.1. The van der Waals surface area contributed by atoms with E-state index in [0.29, 0.717) is 27.0 Å². The number of amides is 1. The minimum Gasteiger partial charge on any atom is -0.483 e. The largest absolute Gasteiger partial charge is 0.483 e. The molecular formula is C23H15BrN4O2S2. The van der Waals surface area contributed by atoms with Crippen LogP contribution in [0.1, 0.15) is 10.6 Å². The number of anilines is 1. The number of carbonyl (C=O) groups excluding carboxylic acids is 1. The first-order valence-electron chi connectivity index (χ1n) is 9.37. The van der Waals surface area contributed by atoms with Crippen LogP contribution in [0.25, 0.3) is 22.9 Å². The second-order valence-corrected chi connectivity index (χ2v) is 9.09. The lowest BCUT2D eigenvalue weighted by Gasteiger charge is -2.09. The summed E-state index contributed by atoms with van der Waals surface area (Å²) in [6.45, 7) is -0.169. The number of halogens is 1. The third-order valence-electron chi connectivity index (χ3n) is 4.25. The van der Waals surface area contributed by atoms with E-state index in [9.17, 15) is 10.1 Å². The van der Waals surface area contributed by atoms with Crippen molar-refractivity contribution in [2.24, 2.45) is 0 Å². The second-order valence-electron chi connectivity index (χ2n) is 6.43. The first kappa shape index (κ1) is 21.9. The summed E-state index contributed by atoms with van der Waals surface area (Å²) in [6, 6.07) is 17.3. The Morgan fingerprint density at radius 1 is 1.19 bits per heavy atom. The molecule has 32 heavy (non-hydrogen) atoms. The van der Waals surface area contributed by atoms with Gasteiger partial charge in [-0.2, -0.15) is 5.26 Å². The molecule has 4 rings (SSSR count). The Bertz CT molecular complexity index is 1290. The molecule has 2 aromatic carbocycles. The molecule has 0 unspecified atom stereocenters. The Morgan fingerprint density at radius 2 is 2.00 bits per heavy atom. The molecule has 0 radical (unpaired) electrons. The van der Waals surface area contributed by atoms with Gasteiger partial charge in [-0.05, 0) is 24.3 Å². The summed E-state index contributed by atoms with van der Waals surface area (Å²) in [4.78, 5) is 20.7. The van der Waals surface area contributed by atoms with Gasteiger partial charge in [-0.25, -0.2) is 9.97 Å². The quantitative estimate of drug-likeness (QED) is 0.295. The zero-order valence-corrected chi connectivity index (χ0v) is 19.7. The third-order valence-corrected chi connectivity index (χ3v) is 6.34. The Balaban J connectivity index is 1.52. The number of nitriles is 1. The molecule has 0 bridgehead atoms. The number of para-hydroxylation sites is 1. The van der Waals surface area contributed by atoms with Crippen molar-refractivity contribution in [3.05, 3.63) is 80.5 Å². The van der Waals surface area contributed by atoms with Crippen LogP contribution >= 0.6 is 38.6 Å². The fraction of sp³-hybridized carbons (Fsp3) is 0.0435. The average Bonchev–Trinajstić information content (AvgIpc) is 3.50. The number of carbonyl (C=O) groups is 1. The second kappa shape index (κ2) is 10.3. The number of nitrogens with one attached hydrogen (secondary N) is 1. The van der Waals surface area contributed by atoms with Crippen molar-refractivity contribution in [2.45, 2.75) is 0 Å². The number of hydrogen-bond acceptors (Lipinski definition) is 7. The summed E-state index contributed by atoms with van der Waals surface area (Å²) < 4.78 is 6.70. The Morgan fingerprint density at radius 3 is 2.75 bits per heavy atom. The van der Waals surface area contributed by atoms with Gasteiger partial charge in [-0.15, -0.1) is 22.7 Å². The molecule has 0 saturated heterocycles. The molecule has 6 nitrogen and oxygen atoms in total. The number of aromatic nitrogens is 2. The predicted molar refractivity (Wildman–Crippen MR) is 131 cm³/mol. The number of nitrogens with zero attached hydrogens (tertiary/aromatic N) is 3. The van der Waals surface area contributed by atoms with Crippen molar-refractivity contribution in [3.8, 4) is 23.1 Å². The fourth-order valence-corrected chi connectivity index (χ4v) is 4.37. The monoisotopic (exact) mass is 522 g/mol. The lowest BCUT2D eigenvalue weighted by molar-refractivity contribution is -0.118. The van der Waals surface area contributed by atoms with Gasteiger partial charge in [-0.3, -0.25) is 10.1 Å². The van der Waals surface area contributed by atoms with E-state index >= 15 is 0 Å². The number of hydrogen-bond donors (Lipinski definition) is 1. The van der Waals surface area contributed by atoms with E-state index in [1.165, 1.54) is 22.7 Å². The highest BCUT2D eigenvalue weighted by Gasteiger charge is 2.12. The lowest BCUT2D eigenvalue weighted by Crippen LogP contribution is -2.20. The van der Waals surface area contributed by atoms with Gasteiger partial charge in [0.15, 0.2) is 11.7 Å². The van der Waals surface area contributed by atoms with Gasteiger partial charge in [0.1, 0.15) is 16.8 Å². The van der Waals surface area contributed by atoms with Crippen LogP contribution in [-0.4, -0.2) is 22.5 Å². The number of rotatable bonds is 7. The first-order valence-corrected chi connectivity index (χ1v) is 11.9. The highest BCUT2D eigenvalue weighted by atomic mass is 79.9. The standard InChI is InChI=1S/C23H15BrN4O2S2/c24-18-7-5-15(6-8-18)19-14-32-22(27-19)17(12-25)11-16-3-1-2-4-20(16)30-13-21(29)28-23-26-9-10-31-23/h1-11,14H,13H2,(H,26,28,29)/b17-11+. The molecule has 0 fully saturated rings. The number of ether oxygens (including phenoxy) is 1. The van der Waals surface area contributed by atoms with Crippen LogP contribution in [0.5, 0.6) is 5.75 Å². The Kier molecular flexibility index (Phi) is 7.07. The van der Waals surface area contributed by atoms with Crippen LogP contribution in [0.4, 0.5) is 5.13 Å². The van der Waals surface area contributed by atoms with Crippen LogP contribution in [0.3, 0.4) is 0 Å². The summed E-state index contributed by atoms with van der Waals surface area (Å²) in [5.41, 5.74) is 2.89. The van der Waals surface area contributed by atoms with Gasteiger partial charge in [0, 0.05) is 32.6 Å². The van der Waals surface area contributed by atoms with Gasteiger partial charge < -0.3 is 4.74 Å². The summed E-state index contributed by atoms with van der Waals surface area (Å²) in [6.07, 6.45) is 3.34. The summed E-state index contributed by atoms with van der Waals surface area (Å²) in [7, 11) is 0. The van der Waals surface area contributed by atoms with Crippen molar-refractivity contribution >= 4 is 61.3 Å². The zero-order valence-electron chi connectivity index (χ0n) is 16.5. The fourth-order valence-electron chi connectivity index (χ4n) is 2.76. The molecule has 0 saturated carbocycles. The topological polar surface area (TPSA) is 87.9 Å². The minimum absolute atomic E-state index is 0.169. The van der Waals surface area contributed by atoms with Gasteiger partial charge >= 0.3 is 0 Å². The van der Waals surface area contributed by atoms with E-state index in [1.807, 2.05) is 47.8 Å². The number of allylic oxidation sites excluding steroid dienone is 1. The molecule has 0 aliphatic carbocycles. The number of thiazole rings is 2. The van der Waals surface area contributed by atoms with Gasteiger partial charge in [0.25, 0.3) is 5.91 Å². The molecule has 0 atom stereocenters. The van der Waals surface area contributed by atoms with E-state index in [1.54, 1.807) is 23.7 Å². The summed E-state index contributed by atoms with van der Waals surface area (Å²) >= 11 is 6.16. The van der Waals surface area contributed by atoms with Crippen molar-refractivity contribution in [1.29, 1.82) is 5.26 Å². The van der Waals surface area contributed by atoms with E-state index in [-0.39, 0.29) is 12.5 Å². The number of benzene rings is 2. The van der Waals surface area contributed by atoms with Crippen LogP contribution in [-0.2, 0) is 4.79 Å². The zero-order chi connectivity index (χ0) is 22.3. The van der Waals surface area contributed by atoms with Crippen molar-refractivity contribution in [3.63, 3.8) is 0 Å². The van der Waals surface area contributed by atoms with E-state index in [4.69, 9.17) is 4.74 Å². The highest BCUT2D eigenvalue weighted by Crippen LogP contribution is 2.30. The summed E-state index contributed by atoms with van der Waals surface area (Å²) in [5, 5.41) is 17.3. The molecular weight excluding hydrogens is 508 g/mol. The molecule has 2 heterocycles. The van der Waals surface area contributed by atoms with Crippen molar-refractivity contribution < 1.29 is 9.53 Å². The van der Waals surface area contributed by atoms with Crippen molar-refractivity contribution in [2.75, 3.05) is 11.9 Å². The molecule has 158 valence electrons. The summed E-state index contributed by atoms with van der Waals surface area (Å²) in [5.74, 6) is 0.192. The Hall–Kier alpha value is -3.32. The van der Waals surface area contributed by atoms with Crippen LogP contribution in [0, 0.1) is 11.3 Å². The Labute approximate surface area is 201 Å². The first-order chi connectivity index (χ1) is 15.6. The van der Waals surface area contributed by atoms with Gasteiger partial charge in [-0.1, -0.05) is 46.3 Å². The normalized spacial score (nSPS) is 11.1. The van der Waals surface area contributed by atoms with Crippen LogP contribution in [0.15, 0.2) is 70.0 Å². The maximum Gasteiger partial charge on any atom is 0.264 e. The van der Waals surface area contributed by atoms with E-state index in [2.05, 4.69) is 37.3 Å². The molecule has 1 amide bonds. The minimum atomic E-state index is -0.307. The van der Waals surface area contributed by atoms with Gasteiger partial charge in [0.05, 0.1) is 11.3 Å². The van der Waals surface area contributed by atoms with E-state index in [0.717, 1.165) is 15.7 Å². The molecule has 9 heteroatoms. The van der Waals surface area contributed by atoms with Crippen LogP contribution < -0.4 is 10.1 Å². The SMILES string of the molecule is N#C/C(=C\c1ccccc1OCC(=O)Nc1nccs1)c1nc(-c2ccc(Br)cc2)cs1. The smallest absolute Gasteiger partial charge is 0.264 e. The predicted octanol–water partition coefficient (Wildman–Crippen LogP) is 6.11. The maximum absolute atomic E-state index is 12.1. The third kappa shape index (κ3) is 5.48. The molecule has 2 aromatic heterocycles. The highest BCUT2D eigenvalue weighted by molar-refractivity contribution is 9.10. The van der Waals surface area contributed by atoms with E-state index < -0.39 is 0 Å². The molecule has 0 aliphatic rings. The molecule has 4 aromatic rings. The lowest BCUT2D eigenvalue weighted by atomic mass is 10.1. The average molecular weight is 523 g/mol. The van der Waals surface area contributed by atoms with Crippen molar-refractivity contribution in [1.82, 2.24) is 9.97 Å². The molecule has 1 N–H and O–H groups in total. The van der Waals surface area contributed by atoms with Crippen LogP contribution in [0.2, 0.25) is 0 Å². The van der Waals surface area contributed by atoms with Gasteiger partial charge in [0.2, 0.25) is 0 Å². The molecule has 0 spiro atoms.